The predicted octanol–water partition coefficient (Wildman–Crippen LogP) is 2.58. The van der Waals surface area contributed by atoms with Gasteiger partial charge in [-0.1, -0.05) is 30.3 Å². The van der Waals surface area contributed by atoms with Crippen molar-refractivity contribution in [3.05, 3.63) is 65.9 Å². The second kappa shape index (κ2) is 10.4. The minimum Gasteiger partial charge on any atom is -0.451 e. The Labute approximate surface area is 169 Å². The summed E-state index contributed by atoms with van der Waals surface area (Å²) in [5, 5.41) is 9.72. The van der Waals surface area contributed by atoms with Crippen LogP contribution in [-0.2, 0) is 16.0 Å². The Morgan fingerprint density at radius 3 is 2.55 bits per heavy atom. The van der Waals surface area contributed by atoms with Crippen molar-refractivity contribution in [3.8, 4) is 0 Å². The number of ether oxygens (including phenoxy) is 1. The molecule has 29 heavy (non-hydrogen) atoms. The Kier molecular flexibility index (Phi) is 7.38. The van der Waals surface area contributed by atoms with Crippen LogP contribution in [0.25, 0.3) is 11.0 Å². The summed E-state index contributed by atoms with van der Waals surface area (Å²) in [6, 6.07) is 16.4. The first-order chi connectivity index (χ1) is 14.2. The SMILES string of the molecule is COCCNCCNC(=O)Cc1ccc(NC(=O)c2cc3ccccc3o2)cc1. The van der Waals surface area contributed by atoms with E-state index in [0.717, 1.165) is 17.5 Å². The molecule has 1 aromatic heterocycles. The van der Waals surface area contributed by atoms with Crippen molar-refractivity contribution in [2.24, 2.45) is 0 Å². The molecule has 2 amide bonds. The highest BCUT2D eigenvalue weighted by Gasteiger charge is 2.12. The highest BCUT2D eigenvalue weighted by atomic mass is 16.5. The van der Waals surface area contributed by atoms with Crippen molar-refractivity contribution in [2.45, 2.75) is 6.42 Å². The van der Waals surface area contributed by atoms with Crippen LogP contribution < -0.4 is 16.0 Å². The van der Waals surface area contributed by atoms with Gasteiger partial charge in [0.15, 0.2) is 5.76 Å². The Hall–Kier alpha value is -3.16. The van der Waals surface area contributed by atoms with E-state index >= 15 is 0 Å². The van der Waals surface area contributed by atoms with Gasteiger partial charge in [0.1, 0.15) is 5.58 Å². The van der Waals surface area contributed by atoms with Crippen LogP contribution in [0.5, 0.6) is 0 Å². The van der Waals surface area contributed by atoms with Crippen LogP contribution in [0.2, 0.25) is 0 Å². The van der Waals surface area contributed by atoms with Crippen LogP contribution in [-0.4, -0.2) is 45.2 Å². The summed E-state index contributed by atoms with van der Waals surface area (Å²) in [5.74, 6) is -0.0981. The van der Waals surface area contributed by atoms with Crippen LogP contribution in [0.15, 0.2) is 59.0 Å². The highest BCUT2D eigenvalue weighted by molar-refractivity contribution is 6.04. The third-order valence-electron chi connectivity index (χ3n) is 4.33. The molecule has 0 aliphatic carbocycles. The molecule has 0 saturated heterocycles. The number of carbonyl (C=O) groups is 2. The summed E-state index contributed by atoms with van der Waals surface area (Å²) >= 11 is 0. The van der Waals surface area contributed by atoms with Crippen molar-refractivity contribution in [2.75, 3.05) is 38.7 Å². The maximum atomic E-state index is 12.4. The Morgan fingerprint density at radius 2 is 1.79 bits per heavy atom. The standard InChI is InChI=1S/C22H25N3O4/c1-28-13-12-23-10-11-24-21(26)14-16-6-8-18(9-7-16)25-22(27)20-15-17-4-2-3-5-19(17)29-20/h2-9,15,23H,10-14H2,1H3,(H,24,26)(H,25,27). The van der Waals surface area contributed by atoms with Gasteiger partial charge in [0.2, 0.25) is 5.91 Å². The van der Waals surface area contributed by atoms with Gasteiger partial charge in [-0.05, 0) is 29.8 Å². The number of para-hydroxylation sites is 1. The first-order valence-corrected chi connectivity index (χ1v) is 9.51. The summed E-state index contributed by atoms with van der Waals surface area (Å²) < 4.78 is 10.5. The molecule has 2 aromatic carbocycles. The number of benzene rings is 2. The predicted molar refractivity (Wildman–Crippen MR) is 112 cm³/mol. The minimum absolute atomic E-state index is 0.0439. The molecule has 3 N–H and O–H groups in total. The van der Waals surface area contributed by atoms with E-state index in [4.69, 9.17) is 9.15 Å². The summed E-state index contributed by atoms with van der Waals surface area (Å²) in [4.78, 5) is 24.4. The van der Waals surface area contributed by atoms with E-state index in [1.54, 1.807) is 25.3 Å². The van der Waals surface area contributed by atoms with Crippen LogP contribution in [0.1, 0.15) is 16.1 Å². The molecule has 1 heterocycles. The van der Waals surface area contributed by atoms with Gasteiger partial charge in [-0.3, -0.25) is 9.59 Å². The smallest absolute Gasteiger partial charge is 0.291 e. The number of anilines is 1. The highest BCUT2D eigenvalue weighted by Crippen LogP contribution is 2.20. The zero-order valence-corrected chi connectivity index (χ0v) is 16.4. The number of rotatable bonds is 10. The van der Waals surface area contributed by atoms with Gasteiger partial charge >= 0.3 is 0 Å². The van der Waals surface area contributed by atoms with Crippen molar-refractivity contribution >= 4 is 28.5 Å². The Morgan fingerprint density at radius 1 is 1.00 bits per heavy atom. The van der Waals surface area contributed by atoms with E-state index in [9.17, 15) is 9.59 Å². The van der Waals surface area contributed by atoms with E-state index in [1.807, 2.05) is 36.4 Å². The fourth-order valence-electron chi connectivity index (χ4n) is 2.83. The molecule has 0 saturated carbocycles. The van der Waals surface area contributed by atoms with Crippen LogP contribution in [0.4, 0.5) is 5.69 Å². The lowest BCUT2D eigenvalue weighted by atomic mass is 10.1. The lowest BCUT2D eigenvalue weighted by Gasteiger charge is -2.08. The molecule has 0 fully saturated rings. The molecule has 0 aliphatic heterocycles. The van der Waals surface area contributed by atoms with Gasteiger partial charge in [0, 0.05) is 37.8 Å². The van der Waals surface area contributed by atoms with E-state index in [2.05, 4.69) is 16.0 Å². The molecule has 0 bridgehead atoms. The monoisotopic (exact) mass is 395 g/mol. The zero-order chi connectivity index (χ0) is 20.5. The van der Waals surface area contributed by atoms with E-state index in [0.29, 0.717) is 31.0 Å². The van der Waals surface area contributed by atoms with Gasteiger partial charge in [-0.25, -0.2) is 0 Å². The minimum atomic E-state index is -0.312. The molecule has 152 valence electrons. The fraction of sp³-hybridized carbons (Fsp3) is 0.273. The zero-order valence-electron chi connectivity index (χ0n) is 16.4. The summed E-state index contributed by atoms with van der Waals surface area (Å²) in [6.45, 7) is 2.66. The van der Waals surface area contributed by atoms with Crippen LogP contribution >= 0.6 is 0 Å². The van der Waals surface area contributed by atoms with Crippen molar-refractivity contribution in [1.29, 1.82) is 0 Å². The van der Waals surface area contributed by atoms with Crippen molar-refractivity contribution in [1.82, 2.24) is 10.6 Å². The molecule has 0 radical (unpaired) electrons. The van der Waals surface area contributed by atoms with Gasteiger partial charge in [-0.2, -0.15) is 0 Å². The van der Waals surface area contributed by atoms with E-state index in [-0.39, 0.29) is 24.0 Å². The van der Waals surface area contributed by atoms with E-state index < -0.39 is 0 Å². The Balaban J connectivity index is 1.45. The second-order valence-corrected chi connectivity index (χ2v) is 6.57. The average molecular weight is 395 g/mol. The van der Waals surface area contributed by atoms with Crippen molar-refractivity contribution < 1.29 is 18.7 Å². The van der Waals surface area contributed by atoms with E-state index in [1.165, 1.54) is 0 Å². The lowest BCUT2D eigenvalue weighted by Crippen LogP contribution is -2.33. The molecule has 3 aromatic rings. The quantitative estimate of drug-likeness (QED) is 0.459. The van der Waals surface area contributed by atoms with Gasteiger partial charge in [0.25, 0.3) is 5.91 Å². The molecule has 7 heteroatoms. The normalized spacial score (nSPS) is 10.8. The maximum absolute atomic E-state index is 12.4. The number of amides is 2. The number of methoxy groups -OCH3 is 1. The first-order valence-electron chi connectivity index (χ1n) is 9.51. The molecular weight excluding hydrogens is 370 g/mol. The number of carbonyl (C=O) groups excluding carboxylic acids is 2. The second-order valence-electron chi connectivity index (χ2n) is 6.57. The molecular formula is C22H25N3O4. The maximum Gasteiger partial charge on any atom is 0.291 e. The fourth-order valence-corrected chi connectivity index (χ4v) is 2.83. The van der Waals surface area contributed by atoms with Gasteiger partial charge < -0.3 is 25.1 Å². The molecule has 7 nitrogen and oxygen atoms in total. The van der Waals surface area contributed by atoms with Crippen LogP contribution in [0, 0.1) is 0 Å². The molecule has 0 unspecified atom stereocenters. The van der Waals surface area contributed by atoms with Gasteiger partial charge in [-0.15, -0.1) is 0 Å². The Bertz CT molecular complexity index is 917. The number of nitrogens with one attached hydrogen (secondary N) is 3. The average Bonchev–Trinajstić information content (AvgIpc) is 3.16. The number of hydrogen-bond donors (Lipinski definition) is 3. The summed E-state index contributed by atoms with van der Waals surface area (Å²) in [7, 11) is 1.65. The molecule has 3 rings (SSSR count). The first kappa shape index (κ1) is 20.6. The number of furan rings is 1. The van der Waals surface area contributed by atoms with Gasteiger partial charge in [0.05, 0.1) is 13.0 Å². The number of fused-ring (bicyclic) bond motifs is 1. The topological polar surface area (TPSA) is 92.6 Å². The largest absolute Gasteiger partial charge is 0.451 e. The molecule has 0 atom stereocenters. The van der Waals surface area contributed by atoms with Crippen LogP contribution in [0.3, 0.4) is 0 Å². The third kappa shape index (κ3) is 6.17. The summed E-state index contributed by atoms with van der Waals surface area (Å²) in [5.41, 5.74) is 2.19. The van der Waals surface area contributed by atoms with Crippen molar-refractivity contribution in [3.63, 3.8) is 0 Å². The molecule has 0 aliphatic rings. The lowest BCUT2D eigenvalue weighted by molar-refractivity contribution is -0.120. The molecule has 0 spiro atoms. The number of hydrogen-bond acceptors (Lipinski definition) is 5. The summed E-state index contributed by atoms with van der Waals surface area (Å²) in [6.07, 6.45) is 0.288. The third-order valence-corrected chi connectivity index (χ3v) is 4.33.